The number of benzene rings is 2. The molecule has 0 fully saturated rings. The summed E-state index contributed by atoms with van der Waals surface area (Å²) in [5.41, 5.74) is 2.06. The highest BCUT2D eigenvalue weighted by Gasteiger charge is 2.03. The molecule has 2 aromatic rings. The Labute approximate surface area is 100 Å². The molecule has 0 aliphatic heterocycles. The number of carboxylic acids is 1. The lowest BCUT2D eigenvalue weighted by molar-refractivity contribution is -0.136. The quantitative estimate of drug-likeness (QED) is 0.813. The molecule has 0 saturated carbocycles. The first-order chi connectivity index (χ1) is 8.20. The van der Waals surface area contributed by atoms with Gasteiger partial charge in [-0.05, 0) is 28.3 Å². The Morgan fingerprint density at radius 1 is 1.29 bits per heavy atom. The predicted molar refractivity (Wildman–Crippen MR) is 69.2 cm³/mol. The molecule has 0 bridgehead atoms. The maximum Gasteiger partial charge on any atom is 0.307 e. The molecule has 0 aromatic heterocycles. The summed E-state index contributed by atoms with van der Waals surface area (Å²) in [6, 6.07) is 11.9. The van der Waals surface area contributed by atoms with Crippen LogP contribution >= 0.6 is 0 Å². The SMILES string of the molecule is C=CCc1cccc2cc(CC(=O)O)ccc12. The lowest BCUT2D eigenvalue weighted by Crippen LogP contribution is -1.99. The topological polar surface area (TPSA) is 37.3 Å². The third-order valence-electron chi connectivity index (χ3n) is 2.75. The fourth-order valence-electron chi connectivity index (χ4n) is 2.02. The maximum atomic E-state index is 10.7. The van der Waals surface area contributed by atoms with Crippen molar-refractivity contribution in [1.82, 2.24) is 0 Å². The average Bonchev–Trinajstić information content (AvgIpc) is 2.28. The molecule has 0 heterocycles. The molecular weight excluding hydrogens is 212 g/mol. The first-order valence-corrected chi connectivity index (χ1v) is 5.54. The van der Waals surface area contributed by atoms with E-state index in [0.29, 0.717) is 0 Å². The van der Waals surface area contributed by atoms with Crippen molar-refractivity contribution >= 4 is 16.7 Å². The molecule has 2 nitrogen and oxygen atoms in total. The Morgan fingerprint density at radius 2 is 2.12 bits per heavy atom. The van der Waals surface area contributed by atoms with E-state index in [4.69, 9.17) is 5.11 Å². The Morgan fingerprint density at radius 3 is 2.82 bits per heavy atom. The summed E-state index contributed by atoms with van der Waals surface area (Å²) in [6.45, 7) is 3.74. The van der Waals surface area contributed by atoms with E-state index in [1.807, 2.05) is 36.4 Å². The molecule has 1 N–H and O–H groups in total. The van der Waals surface area contributed by atoms with Crippen molar-refractivity contribution in [3.8, 4) is 0 Å². The van der Waals surface area contributed by atoms with Crippen molar-refractivity contribution < 1.29 is 9.90 Å². The second-order valence-electron chi connectivity index (χ2n) is 4.04. The molecule has 0 aliphatic carbocycles. The van der Waals surface area contributed by atoms with Crippen LogP contribution in [0.1, 0.15) is 11.1 Å². The van der Waals surface area contributed by atoms with E-state index in [2.05, 4.69) is 12.6 Å². The zero-order valence-electron chi connectivity index (χ0n) is 9.52. The molecule has 2 heteroatoms. The van der Waals surface area contributed by atoms with Crippen molar-refractivity contribution in [3.05, 3.63) is 60.2 Å². The van der Waals surface area contributed by atoms with Gasteiger partial charge in [-0.3, -0.25) is 4.79 Å². The second kappa shape index (κ2) is 4.83. The van der Waals surface area contributed by atoms with Crippen molar-refractivity contribution in [2.75, 3.05) is 0 Å². The fraction of sp³-hybridized carbons (Fsp3) is 0.133. The molecule has 0 aliphatic rings. The minimum absolute atomic E-state index is 0.0711. The van der Waals surface area contributed by atoms with Crippen LogP contribution in [0, 0.1) is 0 Å². The van der Waals surface area contributed by atoms with Gasteiger partial charge in [0, 0.05) is 0 Å². The number of fused-ring (bicyclic) bond motifs is 1. The standard InChI is InChI=1S/C15H14O2/c1-2-4-12-5-3-6-13-9-11(10-15(16)17)7-8-14(12)13/h2-3,5-9H,1,4,10H2,(H,16,17). The van der Waals surface area contributed by atoms with Crippen LogP contribution in [0.25, 0.3) is 10.8 Å². The van der Waals surface area contributed by atoms with Gasteiger partial charge in [0.15, 0.2) is 0 Å². The van der Waals surface area contributed by atoms with Crippen LogP contribution in [0.2, 0.25) is 0 Å². The van der Waals surface area contributed by atoms with Crippen molar-refractivity contribution in [3.63, 3.8) is 0 Å². The van der Waals surface area contributed by atoms with Crippen LogP contribution in [0.15, 0.2) is 49.1 Å². The van der Waals surface area contributed by atoms with Crippen LogP contribution in [0.3, 0.4) is 0 Å². The van der Waals surface area contributed by atoms with E-state index in [1.54, 1.807) is 0 Å². The van der Waals surface area contributed by atoms with Gasteiger partial charge >= 0.3 is 5.97 Å². The Kier molecular flexibility index (Phi) is 3.24. The highest BCUT2D eigenvalue weighted by molar-refractivity contribution is 5.87. The van der Waals surface area contributed by atoms with Crippen molar-refractivity contribution in [2.45, 2.75) is 12.8 Å². The van der Waals surface area contributed by atoms with E-state index in [0.717, 1.165) is 17.4 Å². The van der Waals surface area contributed by atoms with E-state index in [1.165, 1.54) is 10.9 Å². The van der Waals surface area contributed by atoms with E-state index < -0.39 is 5.97 Å². The Bertz CT molecular complexity index is 570. The van der Waals surface area contributed by atoms with Crippen molar-refractivity contribution in [2.24, 2.45) is 0 Å². The van der Waals surface area contributed by atoms with Gasteiger partial charge in [-0.25, -0.2) is 0 Å². The van der Waals surface area contributed by atoms with Crippen LogP contribution in [-0.2, 0) is 17.6 Å². The molecule has 0 saturated heterocycles. The highest BCUT2D eigenvalue weighted by Crippen LogP contribution is 2.21. The smallest absolute Gasteiger partial charge is 0.307 e. The van der Waals surface area contributed by atoms with Gasteiger partial charge in [0.2, 0.25) is 0 Å². The third-order valence-corrected chi connectivity index (χ3v) is 2.75. The lowest BCUT2D eigenvalue weighted by atomic mass is 9.99. The summed E-state index contributed by atoms with van der Waals surface area (Å²) in [5, 5.41) is 11.0. The molecule has 17 heavy (non-hydrogen) atoms. The molecule has 2 aromatic carbocycles. The molecule has 0 spiro atoms. The number of allylic oxidation sites excluding steroid dienone is 1. The molecule has 0 amide bonds. The highest BCUT2D eigenvalue weighted by atomic mass is 16.4. The molecule has 0 unspecified atom stereocenters. The summed E-state index contributed by atoms with van der Waals surface area (Å²) >= 11 is 0. The number of carboxylic acid groups (broad SMARTS) is 1. The molecule has 2 rings (SSSR count). The summed E-state index contributed by atoms with van der Waals surface area (Å²) < 4.78 is 0. The number of hydrogen-bond donors (Lipinski definition) is 1. The maximum absolute atomic E-state index is 10.7. The third kappa shape index (κ3) is 2.53. The zero-order chi connectivity index (χ0) is 12.3. The number of aliphatic carboxylic acids is 1. The van der Waals surface area contributed by atoms with Gasteiger partial charge in [0.1, 0.15) is 0 Å². The van der Waals surface area contributed by atoms with Crippen LogP contribution in [0.5, 0.6) is 0 Å². The van der Waals surface area contributed by atoms with Gasteiger partial charge in [0.05, 0.1) is 6.42 Å². The van der Waals surface area contributed by atoms with Gasteiger partial charge in [-0.2, -0.15) is 0 Å². The first-order valence-electron chi connectivity index (χ1n) is 5.54. The average molecular weight is 226 g/mol. The minimum atomic E-state index is -0.799. The zero-order valence-corrected chi connectivity index (χ0v) is 9.52. The number of hydrogen-bond acceptors (Lipinski definition) is 1. The van der Waals surface area contributed by atoms with E-state index in [9.17, 15) is 4.79 Å². The molecule has 0 atom stereocenters. The molecular formula is C15H14O2. The second-order valence-corrected chi connectivity index (χ2v) is 4.04. The summed E-state index contributed by atoms with van der Waals surface area (Å²) in [5.74, 6) is -0.799. The summed E-state index contributed by atoms with van der Waals surface area (Å²) in [7, 11) is 0. The van der Waals surface area contributed by atoms with Gasteiger partial charge in [-0.15, -0.1) is 6.58 Å². The van der Waals surface area contributed by atoms with Gasteiger partial charge in [0.25, 0.3) is 0 Å². The number of rotatable bonds is 4. The van der Waals surface area contributed by atoms with Crippen LogP contribution < -0.4 is 0 Å². The largest absolute Gasteiger partial charge is 0.481 e. The normalized spacial score (nSPS) is 10.4. The summed E-state index contributed by atoms with van der Waals surface area (Å²) in [4.78, 5) is 10.7. The lowest BCUT2D eigenvalue weighted by Gasteiger charge is -2.06. The minimum Gasteiger partial charge on any atom is -0.481 e. The van der Waals surface area contributed by atoms with Crippen molar-refractivity contribution in [1.29, 1.82) is 0 Å². The van der Waals surface area contributed by atoms with E-state index in [-0.39, 0.29) is 6.42 Å². The van der Waals surface area contributed by atoms with Crippen LogP contribution in [0.4, 0.5) is 0 Å². The molecule has 0 radical (unpaired) electrons. The van der Waals surface area contributed by atoms with Gasteiger partial charge in [-0.1, -0.05) is 42.5 Å². The van der Waals surface area contributed by atoms with Crippen LogP contribution in [-0.4, -0.2) is 11.1 Å². The monoisotopic (exact) mass is 226 g/mol. The fourth-order valence-corrected chi connectivity index (χ4v) is 2.02. The Balaban J connectivity index is 2.48. The predicted octanol–water partition coefficient (Wildman–Crippen LogP) is 3.20. The molecule has 86 valence electrons. The summed E-state index contributed by atoms with van der Waals surface area (Å²) in [6.07, 6.45) is 2.77. The van der Waals surface area contributed by atoms with Gasteiger partial charge < -0.3 is 5.11 Å². The Hall–Kier alpha value is -2.09. The number of carbonyl (C=O) groups is 1. The first kappa shape index (κ1) is 11.4. The van der Waals surface area contributed by atoms with E-state index >= 15 is 0 Å².